The Morgan fingerprint density at radius 1 is 1.14 bits per heavy atom. The van der Waals surface area contributed by atoms with E-state index in [1.165, 1.54) is 38.5 Å². The highest BCUT2D eigenvalue weighted by molar-refractivity contribution is 4.76. The summed E-state index contributed by atoms with van der Waals surface area (Å²) in [6.45, 7) is 6.56. The summed E-state index contributed by atoms with van der Waals surface area (Å²) < 4.78 is 0. The Kier molecular flexibility index (Phi) is 4.94. The molecular formula is C13H26O. The summed E-state index contributed by atoms with van der Waals surface area (Å²) in [5.41, 5.74) is 0. The van der Waals surface area contributed by atoms with E-state index in [-0.39, 0.29) is 6.10 Å². The van der Waals surface area contributed by atoms with E-state index in [1.54, 1.807) is 0 Å². The van der Waals surface area contributed by atoms with Gasteiger partial charge in [-0.25, -0.2) is 0 Å². The van der Waals surface area contributed by atoms with Gasteiger partial charge in [0.2, 0.25) is 0 Å². The van der Waals surface area contributed by atoms with Crippen molar-refractivity contribution in [1.82, 2.24) is 0 Å². The average molecular weight is 198 g/mol. The summed E-state index contributed by atoms with van der Waals surface area (Å²) in [7, 11) is 0. The van der Waals surface area contributed by atoms with Crippen LogP contribution in [0.5, 0.6) is 0 Å². The normalized spacial score (nSPS) is 31.5. The fourth-order valence-corrected chi connectivity index (χ4v) is 2.70. The molecule has 0 spiro atoms. The van der Waals surface area contributed by atoms with E-state index in [4.69, 9.17) is 0 Å². The van der Waals surface area contributed by atoms with Gasteiger partial charge in [0, 0.05) is 0 Å². The van der Waals surface area contributed by atoms with Gasteiger partial charge in [-0.3, -0.25) is 0 Å². The Hall–Kier alpha value is -0.0400. The summed E-state index contributed by atoms with van der Waals surface area (Å²) in [4.78, 5) is 0. The second-order valence-electron chi connectivity index (χ2n) is 5.28. The van der Waals surface area contributed by atoms with Gasteiger partial charge in [0.15, 0.2) is 0 Å². The van der Waals surface area contributed by atoms with Crippen LogP contribution in [0.25, 0.3) is 0 Å². The van der Waals surface area contributed by atoms with Crippen molar-refractivity contribution in [3.8, 4) is 0 Å². The molecule has 0 radical (unpaired) electrons. The molecule has 84 valence electrons. The average Bonchev–Trinajstić information content (AvgIpc) is 2.41. The lowest BCUT2D eigenvalue weighted by atomic mass is 9.87. The molecule has 1 nitrogen and oxygen atoms in total. The predicted molar refractivity (Wildman–Crippen MR) is 61.2 cm³/mol. The lowest BCUT2D eigenvalue weighted by molar-refractivity contribution is 0.0565. The van der Waals surface area contributed by atoms with Crippen molar-refractivity contribution >= 4 is 0 Å². The number of aliphatic hydroxyl groups excluding tert-OH is 1. The first kappa shape index (κ1) is 12.0. The molecule has 0 aromatic rings. The maximum atomic E-state index is 10.0. The topological polar surface area (TPSA) is 20.2 Å². The summed E-state index contributed by atoms with van der Waals surface area (Å²) in [5, 5.41) is 10.0. The van der Waals surface area contributed by atoms with Crippen molar-refractivity contribution in [3.63, 3.8) is 0 Å². The quantitative estimate of drug-likeness (QED) is 0.687. The molecule has 3 atom stereocenters. The van der Waals surface area contributed by atoms with E-state index in [2.05, 4.69) is 20.8 Å². The van der Waals surface area contributed by atoms with Gasteiger partial charge in [0.1, 0.15) is 0 Å². The third kappa shape index (κ3) is 3.27. The van der Waals surface area contributed by atoms with Crippen molar-refractivity contribution in [2.75, 3.05) is 0 Å². The minimum atomic E-state index is -0.0643. The third-order valence-corrected chi connectivity index (χ3v) is 3.88. The van der Waals surface area contributed by atoms with Crippen LogP contribution in [0.15, 0.2) is 0 Å². The molecule has 0 aromatic carbocycles. The first-order valence-electron chi connectivity index (χ1n) is 6.33. The molecule has 1 aliphatic carbocycles. The van der Waals surface area contributed by atoms with Gasteiger partial charge in [0.05, 0.1) is 6.10 Å². The molecule has 0 heterocycles. The molecule has 3 unspecified atom stereocenters. The van der Waals surface area contributed by atoms with Crippen LogP contribution >= 0.6 is 0 Å². The highest BCUT2D eigenvalue weighted by atomic mass is 16.3. The summed E-state index contributed by atoms with van der Waals surface area (Å²) >= 11 is 0. The van der Waals surface area contributed by atoms with Crippen molar-refractivity contribution in [2.45, 2.75) is 65.4 Å². The van der Waals surface area contributed by atoms with Gasteiger partial charge in [-0.15, -0.1) is 0 Å². The van der Waals surface area contributed by atoms with Gasteiger partial charge in [-0.1, -0.05) is 46.5 Å². The van der Waals surface area contributed by atoms with E-state index < -0.39 is 0 Å². The van der Waals surface area contributed by atoms with E-state index in [0.29, 0.717) is 11.8 Å². The zero-order valence-electron chi connectivity index (χ0n) is 10.00. The summed E-state index contributed by atoms with van der Waals surface area (Å²) in [6, 6.07) is 0. The molecular weight excluding hydrogens is 172 g/mol. The van der Waals surface area contributed by atoms with Gasteiger partial charge < -0.3 is 5.11 Å². The minimum absolute atomic E-state index is 0.0643. The Bertz CT molecular complexity index is 153. The highest BCUT2D eigenvalue weighted by Crippen LogP contribution is 2.32. The zero-order valence-corrected chi connectivity index (χ0v) is 10.00. The largest absolute Gasteiger partial charge is 0.393 e. The third-order valence-electron chi connectivity index (χ3n) is 3.88. The first-order chi connectivity index (χ1) is 6.65. The van der Waals surface area contributed by atoms with Gasteiger partial charge in [0.25, 0.3) is 0 Å². The van der Waals surface area contributed by atoms with Crippen LogP contribution < -0.4 is 0 Å². The van der Waals surface area contributed by atoms with Crippen LogP contribution in [0.4, 0.5) is 0 Å². The maximum Gasteiger partial charge on any atom is 0.0591 e. The Balaban J connectivity index is 2.41. The monoisotopic (exact) mass is 198 g/mol. The molecule has 0 aliphatic heterocycles. The fraction of sp³-hybridized carbons (Fsp3) is 1.00. The predicted octanol–water partition coefficient (Wildman–Crippen LogP) is 3.61. The molecule has 1 saturated carbocycles. The molecule has 0 bridgehead atoms. The van der Waals surface area contributed by atoms with Crippen molar-refractivity contribution in [1.29, 1.82) is 0 Å². The molecule has 1 aliphatic rings. The molecule has 1 fully saturated rings. The zero-order chi connectivity index (χ0) is 10.6. The number of rotatable bonds is 3. The summed E-state index contributed by atoms with van der Waals surface area (Å²) in [6.07, 6.45) is 7.80. The molecule has 14 heavy (non-hydrogen) atoms. The number of hydrogen-bond acceptors (Lipinski definition) is 1. The standard InChI is InChI=1S/C13H26O/c1-4-11-6-5-7-12(9-8-11)13(14)10(2)3/h10-14H,4-9H2,1-3H3. The van der Waals surface area contributed by atoms with Crippen LogP contribution in [0, 0.1) is 17.8 Å². The second kappa shape index (κ2) is 5.75. The molecule has 0 saturated heterocycles. The highest BCUT2D eigenvalue weighted by Gasteiger charge is 2.25. The van der Waals surface area contributed by atoms with Gasteiger partial charge in [-0.2, -0.15) is 0 Å². The lowest BCUT2D eigenvalue weighted by Gasteiger charge is -2.24. The van der Waals surface area contributed by atoms with Gasteiger partial charge >= 0.3 is 0 Å². The Morgan fingerprint density at radius 3 is 2.43 bits per heavy atom. The number of hydrogen-bond donors (Lipinski definition) is 1. The molecule has 1 N–H and O–H groups in total. The van der Waals surface area contributed by atoms with Gasteiger partial charge in [-0.05, 0) is 30.6 Å². The van der Waals surface area contributed by atoms with Crippen LogP contribution in [-0.2, 0) is 0 Å². The van der Waals surface area contributed by atoms with E-state index >= 15 is 0 Å². The maximum absolute atomic E-state index is 10.0. The minimum Gasteiger partial charge on any atom is -0.393 e. The molecule has 1 heteroatoms. The fourth-order valence-electron chi connectivity index (χ4n) is 2.70. The van der Waals surface area contributed by atoms with Crippen LogP contribution in [0.1, 0.15) is 59.3 Å². The van der Waals surface area contributed by atoms with E-state index in [1.807, 2.05) is 0 Å². The Morgan fingerprint density at radius 2 is 1.86 bits per heavy atom. The van der Waals surface area contributed by atoms with Crippen LogP contribution in [-0.4, -0.2) is 11.2 Å². The van der Waals surface area contributed by atoms with Crippen molar-refractivity contribution in [2.24, 2.45) is 17.8 Å². The smallest absolute Gasteiger partial charge is 0.0591 e. The first-order valence-corrected chi connectivity index (χ1v) is 6.33. The van der Waals surface area contributed by atoms with E-state index in [0.717, 1.165) is 5.92 Å². The molecule has 0 aromatic heterocycles. The Labute approximate surface area is 88.9 Å². The summed E-state index contributed by atoms with van der Waals surface area (Å²) in [5.74, 6) is 1.93. The van der Waals surface area contributed by atoms with Crippen LogP contribution in [0.2, 0.25) is 0 Å². The number of aliphatic hydroxyl groups is 1. The molecule has 0 amide bonds. The molecule has 1 rings (SSSR count). The second-order valence-corrected chi connectivity index (χ2v) is 5.28. The SMILES string of the molecule is CCC1CCCC(C(O)C(C)C)CC1. The van der Waals surface area contributed by atoms with Crippen molar-refractivity contribution < 1.29 is 5.11 Å². The van der Waals surface area contributed by atoms with Crippen molar-refractivity contribution in [3.05, 3.63) is 0 Å². The van der Waals surface area contributed by atoms with Crippen LogP contribution in [0.3, 0.4) is 0 Å². The lowest BCUT2D eigenvalue weighted by Crippen LogP contribution is -2.25. The van der Waals surface area contributed by atoms with E-state index in [9.17, 15) is 5.11 Å².